The smallest absolute Gasteiger partial charge is 0.128 e. The molecule has 4 N–H and O–H groups in total. The summed E-state index contributed by atoms with van der Waals surface area (Å²) in [6.07, 6.45) is 8.74. The minimum absolute atomic E-state index is 0.186. The van der Waals surface area contributed by atoms with Crippen molar-refractivity contribution < 1.29 is 10.2 Å². The molecule has 0 saturated carbocycles. The molecule has 22 heavy (non-hydrogen) atoms. The van der Waals surface area contributed by atoms with Crippen LogP contribution in [0.15, 0.2) is 41.3 Å². The van der Waals surface area contributed by atoms with Crippen molar-refractivity contribution in [3.8, 4) is 0 Å². The zero-order chi connectivity index (χ0) is 16.7. The van der Waals surface area contributed by atoms with Gasteiger partial charge < -0.3 is 20.8 Å². The van der Waals surface area contributed by atoms with Crippen molar-refractivity contribution in [3.05, 3.63) is 36.3 Å². The first kappa shape index (κ1) is 17.1. The normalized spacial score (nSPS) is 30.3. The Hall–Kier alpha value is -1.29. The Morgan fingerprint density at radius 2 is 2.09 bits per heavy atom. The van der Waals surface area contributed by atoms with Crippen LogP contribution in [-0.4, -0.2) is 65.0 Å². The number of aliphatic imine (C=N–C) groups is 1. The lowest BCUT2D eigenvalue weighted by atomic mass is 10.00. The van der Waals surface area contributed by atoms with Crippen molar-refractivity contribution in [3.63, 3.8) is 0 Å². The highest BCUT2D eigenvalue weighted by Gasteiger charge is 2.40. The third-order valence-electron chi connectivity index (χ3n) is 4.00. The summed E-state index contributed by atoms with van der Waals surface area (Å²) in [7, 11) is 0. The highest BCUT2D eigenvalue weighted by atomic mass is 31.2. The van der Waals surface area contributed by atoms with Gasteiger partial charge in [-0.05, 0) is 37.1 Å². The van der Waals surface area contributed by atoms with Crippen LogP contribution in [0.5, 0.6) is 0 Å². The van der Waals surface area contributed by atoms with Crippen molar-refractivity contribution in [1.29, 1.82) is 0 Å². The molecule has 1 heterocycles. The zero-order valence-corrected chi connectivity index (χ0v) is 14.4. The molecule has 0 aromatic rings. The van der Waals surface area contributed by atoms with Crippen molar-refractivity contribution in [2.75, 3.05) is 19.5 Å². The second-order valence-corrected chi connectivity index (χ2v) is 11.0. The molecule has 0 spiro atoms. The summed E-state index contributed by atoms with van der Waals surface area (Å²) in [6.45, 7) is 9.07. The fourth-order valence-electron chi connectivity index (χ4n) is 3.08. The van der Waals surface area contributed by atoms with Gasteiger partial charge in [0.1, 0.15) is 23.9 Å². The molecule has 6 heteroatoms. The maximum absolute atomic E-state index is 10.4. The average Bonchev–Trinajstić information content (AvgIpc) is 2.65. The molecule has 1 unspecified atom stereocenters. The van der Waals surface area contributed by atoms with Gasteiger partial charge >= 0.3 is 0 Å². The first-order valence-electron chi connectivity index (χ1n) is 7.35. The molecule has 122 valence electrons. The molecule has 0 aromatic carbocycles. The van der Waals surface area contributed by atoms with E-state index in [0.717, 1.165) is 11.7 Å². The van der Waals surface area contributed by atoms with E-state index in [2.05, 4.69) is 38.1 Å². The number of nitrogens with two attached hydrogens (primary N) is 1. The molecule has 0 aromatic heterocycles. The minimum Gasteiger partial charge on any atom is -0.388 e. The van der Waals surface area contributed by atoms with Crippen LogP contribution < -0.4 is 5.73 Å². The van der Waals surface area contributed by atoms with Crippen LogP contribution in [0.4, 0.5) is 0 Å². The topological polar surface area (TPSA) is 82.1 Å². The third kappa shape index (κ3) is 3.54. The van der Waals surface area contributed by atoms with Gasteiger partial charge in [0.15, 0.2) is 0 Å². The molecule has 0 saturated heterocycles. The summed E-state index contributed by atoms with van der Waals surface area (Å²) in [6, 6.07) is -0.376. The molecule has 0 amide bonds. The monoisotopic (exact) mass is 323 g/mol. The van der Waals surface area contributed by atoms with Gasteiger partial charge in [0, 0.05) is 6.20 Å². The third-order valence-corrected chi connectivity index (χ3v) is 5.53. The predicted molar refractivity (Wildman–Crippen MR) is 95.5 cm³/mol. The number of hydrogen-bond donors (Lipinski definition) is 3. The standard InChI is InChI=1S/C16H26N3O2P/c1-10(9-22(3,4)5)12-8-13(16(21)15(12)20)19-7-6-14(17)18-11(19)2/h6-8,10,13,15-16,20-21H,2-3,9H2,1,4-5H3,(H2,17,18)/t10?,13-,15-,16+/m1/s1. The lowest BCUT2D eigenvalue weighted by Gasteiger charge is -2.31. The van der Waals surface area contributed by atoms with Gasteiger partial charge in [0.05, 0.1) is 6.04 Å². The molecule has 5 nitrogen and oxygen atoms in total. The van der Waals surface area contributed by atoms with Crippen molar-refractivity contribution >= 4 is 19.0 Å². The maximum Gasteiger partial charge on any atom is 0.128 e. The Labute approximate surface area is 132 Å². The highest BCUT2D eigenvalue weighted by molar-refractivity contribution is 7.72. The van der Waals surface area contributed by atoms with Gasteiger partial charge in [-0.25, -0.2) is 4.99 Å². The second-order valence-electron chi connectivity index (χ2n) is 6.79. The molecule has 2 aliphatic rings. The lowest BCUT2D eigenvalue weighted by Crippen LogP contribution is -2.42. The van der Waals surface area contributed by atoms with E-state index >= 15 is 0 Å². The van der Waals surface area contributed by atoms with E-state index in [4.69, 9.17) is 5.73 Å². The minimum atomic E-state index is -1.21. The first-order chi connectivity index (χ1) is 10.1. The Morgan fingerprint density at radius 1 is 1.45 bits per heavy atom. The number of hydrogen-bond acceptors (Lipinski definition) is 5. The van der Waals surface area contributed by atoms with Crippen LogP contribution in [0.1, 0.15) is 6.92 Å². The molecule has 2 rings (SSSR count). The van der Waals surface area contributed by atoms with E-state index < -0.39 is 19.1 Å². The Kier molecular flexibility index (Phi) is 4.71. The molecule has 0 radical (unpaired) electrons. The zero-order valence-electron chi connectivity index (χ0n) is 13.5. The number of aliphatic hydroxyl groups excluding tert-OH is 2. The number of nitrogens with zero attached hydrogens (tertiary/aromatic N) is 2. The summed E-state index contributed by atoms with van der Waals surface area (Å²) in [4.78, 5) is 5.85. The molecule has 4 atom stereocenters. The van der Waals surface area contributed by atoms with E-state index in [1.165, 1.54) is 0 Å². The summed E-state index contributed by atoms with van der Waals surface area (Å²) in [5.74, 6) is 1.04. The van der Waals surface area contributed by atoms with Gasteiger partial charge in [-0.1, -0.05) is 19.6 Å². The quantitative estimate of drug-likeness (QED) is 0.533. The maximum atomic E-state index is 10.4. The summed E-state index contributed by atoms with van der Waals surface area (Å²) in [5.41, 5.74) is 6.51. The van der Waals surface area contributed by atoms with Crippen LogP contribution in [-0.2, 0) is 0 Å². The van der Waals surface area contributed by atoms with Crippen LogP contribution in [0.25, 0.3) is 0 Å². The van der Waals surface area contributed by atoms with Gasteiger partial charge in [0.2, 0.25) is 0 Å². The molecule has 0 fully saturated rings. The fourth-order valence-corrected chi connectivity index (χ4v) is 4.78. The number of rotatable bonds is 4. The molecular weight excluding hydrogens is 297 g/mol. The van der Waals surface area contributed by atoms with Crippen molar-refractivity contribution in [2.24, 2.45) is 16.6 Å². The number of aliphatic hydroxyl groups is 2. The first-order valence-corrected chi connectivity index (χ1v) is 10.4. The largest absolute Gasteiger partial charge is 0.388 e. The molecular formula is C16H26N3O2P. The average molecular weight is 323 g/mol. The number of amidine groups is 1. The predicted octanol–water partition coefficient (Wildman–Crippen LogP) is 1.02. The second kappa shape index (κ2) is 6.07. The van der Waals surface area contributed by atoms with Gasteiger partial charge in [-0.2, -0.15) is 0 Å². The Morgan fingerprint density at radius 3 is 2.64 bits per heavy atom. The van der Waals surface area contributed by atoms with E-state index in [1.54, 1.807) is 17.2 Å². The molecule has 1 aliphatic heterocycles. The summed E-state index contributed by atoms with van der Waals surface area (Å²) >= 11 is 0. The molecule has 1 aliphatic carbocycles. The highest BCUT2D eigenvalue weighted by Crippen LogP contribution is 2.42. The van der Waals surface area contributed by atoms with Crippen LogP contribution in [0.3, 0.4) is 0 Å². The van der Waals surface area contributed by atoms with Gasteiger partial charge in [-0.3, -0.25) is 0 Å². The van der Waals surface area contributed by atoms with E-state index in [1.807, 2.05) is 6.08 Å². The Balaban J connectivity index is 2.22. The molecule has 0 bridgehead atoms. The van der Waals surface area contributed by atoms with Crippen molar-refractivity contribution in [2.45, 2.75) is 25.2 Å². The van der Waals surface area contributed by atoms with Gasteiger partial charge in [0.25, 0.3) is 0 Å². The lowest BCUT2D eigenvalue weighted by molar-refractivity contribution is 0.0204. The SMILES string of the molecule is C=C1N=C(N)C=CN1[C@@H]1C=C(C(C)CP(=C)(C)C)[C@@H](O)[C@H]1O. The van der Waals surface area contributed by atoms with Crippen LogP contribution in [0.2, 0.25) is 0 Å². The fraction of sp³-hybridized carbons (Fsp3) is 0.500. The van der Waals surface area contributed by atoms with Crippen LogP contribution >= 0.6 is 6.89 Å². The summed E-state index contributed by atoms with van der Waals surface area (Å²) in [5, 5.41) is 20.8. The van der Waals surface area contributed by atoms with E-state index in [9.17, 15) is 10.2 Å². The van der Waals surface area contributed by atoms with Crippen molar-refractivity contribution in [1.82, 2.24) is 4.90 Å². The summed E-state index contributed by atoms with van der Waals surface area (Å²) < 4.78 is 0. The van der Waals surface area contributed by atoms with E-state index in [-0.39, 0.29) is 12.0 Å². The van der Waals surface area contributed by atoms with E-state index in [0.29, 0.717) is 11.7 Å². The van der Waals surface area contributed by atoms with Crippen LogP contribution in [0, 0.1) is 5.92 Å². The Bertz CT molecular complexity index is 603. The van der Waals surface area contributed by atoms with Gasteiger partial charge in [-0.15, -0.1) is 13.2 Å².